The summed E-state index contributed by atoms with van der Waals surface area (Å²) in [4.78, 5) is 4.50. The number of unbranched alkanes of at least 4 members (excludes halogenated alkanes) is 1. The molecule has 1 aromatic heterocycles. The molecule has 4 heteroatoms. The average Bonchev–Trinajstić information content (AvgIpc) is 2.73. The van der Waals surface area contributed by atoms with E-state index >= 15 is 0 Å². The van der Waals surface area contributed by atoms with Crippen molar-refractivity contribution in [1.82, 2.24) is 9.55 Å². The zero-order chi connectivity index (χ0) is 13.1. The Morgan fingerprint density at radius 1 is 1.39 bits per heavy atom. The number of benzene rings is 1. The Labute approximate surface area is 107 Å². The molecule has 18 heavy (non-hydrogen) atoms. The van der Waals surface area contributed by atoms with E-state index < -0.39 is 0 Å². The maximum atomic E-state index is 13.2. The van der Waals surface area contributed by atoms with Gasteiger partial charge in [-0.15, -0.1) is 0 Å². The Kier molecular flexibility index (Phi) is 3.97. The third-order valence-corrected chi connectivity index (χ3v) is 3.26. The van der Waals surface area contributed by atoms with Crippen LogP contribution in [0.25, 0.3) is 11.0 Å². The van der Waals surface area contributed by atoms with Gasteiger partial charge < -0.3 is 10.3 Å². The lowest BCUT2D eigenvalue weighted by Gasteiger charge is -2.12. The number of hydrogen-bond donors (Lipinski definition) is 1. The second-order valence-corrected chi connectivity index (χ2v) is 4.60. The van der Waals surface area contributed by atoms with Crippen molar-refractivity contribution in [1.29, 1.82) is 0 Å². The molecule has 0 aliphatic rings. The van der Waals surface area contributed by atoms with E-state index in [9.17, 15) is 4.39 Å². The number of aryl methyl sites for hydroxylation is 1. The summed E-state index contributed by atoms with van der Waals surface area (Å²) in [6.45, 7) is 5.00. The molecule has 0 spiro atoms. The molecule has 2 aromatic rings. The largest absolute Gasteiger partial charge is 0.327 e. The highest BCUT2D eigenvalue weighted by atomic mass is 19.1. The van der Waals surface area contributed by atoms with Gasteiger partial charge in [0.25, 0.3) is 0 Å². The molecule has 2 N–H and O–H groups in total. The Morgan fingerprint density at radius 2 is 2.17 bits per heavy atom. The summed E-state index contributed by atoms with van der Waals surface area (Å²) in [6, 6.07) is 4.65. The van der Waals surface area contributed by atoms with Gasteiger partial charge in [-0.2, -0.15) is 0 Å². The minimum absolute atomic E-state index is 0.0691. The molecule has 1 atom stereocenters. The molecule has 1 unspecified atom stereocenters. The molecule has 98 valence electrons. The molecular formula is C14H20FN3. The first-order valence-electron chi connectivity index (χ1n) is 6.58. The molecule has 0 fully saturated rings. The number of fused-ring (bicyclic) bond motifs is 1. The average molecular weight is 249 g/mol. The number of imidazole rings is 1. The van der Waals surface area contributed by atoms with Gasteiger partial charge in [-0.25, -0.2) is 9.37 Å². The lowest BCUT2D eigenvalue weighted by Crippen LogP contribution is -2.16. The highest BCUT2D eigenvalue weighted by Gasteiger charge is 2.16. The standard InChI is InChI=1S/C14H20FN3/c1-3-5-6-11(16)14-17-12-9-10(15)7-8-13(12)18(14)4-2/h7-9,11H,3-6,16H2,1-2H3. The van der Waals surface area contributed by atoms with Crippen molar-refractivity contribution < 1.29 is 4.39 Å². The highest BCUT2D eigenvalue weighted by molar-refractivity contribution is 5.76. The van der Waals surface area contributed by atoms with Crippen molar-refractivity contribution in [2.24, 2.45) is 5.73 Å². The van der Waals surface area contributed by atoms with E-state index in [0.29, 0.717) is 5.52 Å². The fourth-order valence-electron chi connectivity index (χ4n) is 2.29. The van der Waals surface area contributed by atoms with Crippen LogP contribution in [0, 0.1) is 5.82 Å². The number of halogens is 1. The minimum Gasteiger partial charge on any atom is -0.327 e. The lowest BCUT2D eigenvalue weighted by atomic mass is 10.1. The lowest BCUT2D eigenvalue weighted by molar-refractivity contribution is 0.547. The maximum Gasteiger partial charge on any atom is 0.126 e. The van der Waals surface area contributed by atoms with Crippen molar-refractivity contribution in [3.05, 3.63) is 29.8 Å². The van der Waals surface area contributed by atoms with Gasteiger partial charge in [0.15, 0.2) is 0 Å². The van der Waals surface area contributed by atoms with Gasteiger partial charge in [-0.05, 0) is 25.5 Å². The molecule has 1 aromatic carbocycles. The summed E-state index contributed by atoms with van der Waals surface area (Å²) in [7, 11) is 0. The van der Waals surface area contributed by atoms with Gasteiger partial charge in [0.2, 0.25) is 0 Å². The summed E-state index contributed by atoms with van der Waals surface area (Å²) < 4.78 is 15.3. The van der Waals surface area contributed by atoms with Gasteiger partial charge >= 0.3 is 0 Å². The van der Waals surface area contributed by atoms with E-state index in [1.807, 2.05) is 0 Å². The number of nitrogens with two attached hydrogens (primary N) is 1. The topological polar surface area (TPSA) is 43.8 Å². The second-order valence-electron chi connectivity index (χ2n) is 4.60. The van der Waals surface area contributed by atoms with E-state index in [1.165, 1.54) is 12.1 Å². The fourth-order valence-corrected chi connectivity index (χ4v) is 2.29. The molecule has 1 heterocycles. The van der Waals surface area contributed by atoms with E-state index in [1.54, 1.807) is 6.07 Å². The van der Waals surface area contributed by atoms with Crippen molar-refractivity contribution in [3.63, 3.8) is 0 Å². The first kappa shape index (κ1) is 13.0. The molecule has 0 bridgehead atoms. The molecule has 3 nitrogen and oxygen atoms in total. The van der Waals surface area contributed by atoms with E-state index in [2.05, 4.69) is 23.4 Å². The smallest absolute Gasteiger partial charge is 0.126 e. The van der Waals surface area contributed by atoms with E-state index in [0.717, 1.165) is 37.1 Å². The minimum atomic E-state index is -0.253. The van der Waals surface area contributed by atoms with Crippen molar-refractivity contribution in [3.8, 4) is 0 Å². The summed E-state index contributed by atoms with van der Waals surface area (Å²) in [5, 5.41) is 0. The van der Waals surface area contributed by atoms with Crippen molar-refractivity contribution in [2.45, 2.75) is 45.7 Å². The van der Waals surface area contributed by atoms with Crippen LogP contribution >= 0.6 is 0 Å². The van der Waals surface area contributed by atoms with Gasteiger partial charge in [-0.1, -0.05) is 19.8 Å². The van der Waals surface area contributed by atoms with Crippen LogP contribution in [0.1, 0.15) is 45.0 Å². The molecule has 0 aliphatic carbocycles. The third kappa shape index (κ3) is 2.38. The molecule has 0 saturated heterocycles. The predicted octanol–water partition coefficient (Wildman–Crippen LogP) is 3.39. The van der Waals surface area contributed by atoms with Gasteiger partial charge in [0.05, 0.1) is 17.1 Å². The van der Waals surface area contributed by atoms with Crippen LogP contribution < -0.4 is 5.73 Å². The molecule has 0 saturated carbocycles. The summed E-state index contributed by atoms with van der Waals surface area (Å²) >= 11 is 0. The SMILES string of the molecule is CCCCC(N)c1nc2cc(F)ccc2n1CC. The molecule has 0 aliphatic heterocycles. The number of nitrogens with zero attached hydrogens (tertiary/aromatic N) is 2. The maximum absolute atomic E-state index is 13.2. The molecule has 0 radical (unpaired) electrons. The van der Waals surface area contributed by atoms with Crippen LogP contribution in [-0.2, 0) is 6.54 Å². The van der Waals surface area contributed by atoms with Crippen LogP contribution in [0.4, 0.5) is 4.39 Å². The number of hydrogen-bond acceptors (Lipinski definition) is 2. The summed E-state index contributed by atoms with van der Waals surface area (Å²) in [5.41, 5.74) is 7.83. The molecule has 2 rings (SSSR count). The van der Waals surface area contributed by atoms with Gasteiger partial charge in [-0.3, -0.25) is 0 Å². The Bertz CT molecular complexity index is 533. The third-order valence-electron chi connectivity index (χ3n) is 3.26. The predicted molar refractivity (Wildman–Crippen MR) is 71.8 cm³/mol. The van der Waals surface area contributed by atoms with Crippen LogP contribution in [-0.4, -0.2) is 9.55 Å². The summed E-state index contributed by atoms with van der Waals surface area (Å²) in [6.07, 6.45) is 3.12. The Balaban J connectivity index is 2.43. The fraction of sp³-hybridized carbons (Fsp3) is 0.500. The van der Waals surface area contributed by atoms with Gasteiger partial charge in [0.1, 0.15) is 11.6 Å². The first-order chi connectivity index (χ1) is 8.67. The van der Waals surface area contributed by atoms with Gasteiger partial charge in [0, 0.05) is 12.6 Å². The Morgan fingerprint density at radius 3 is 2.83 bits per heavy atom. The van der Waals surface area contributed by atoms with Crippen LogP contribution in [0.15, 0.2) is 18.2 Å². The molecular weight excluding hydrogens is 229 g/mol. The second kappa shape index (κ2) is 5.48. The quantitative estimate of drug-likeness (QED) is 0.882. The van der Waals surface area contributed by atoms with E-state index in [-0.39, 0.29) is 11.9 Å². The number of aromatic nitrogens is 2. The Hall–Kier alpha value is -1.42. The van der Waals surface area contributed by atoms with Crippen LogP contribution in [0.5, 0.6) is 0 Å². The molecule has 0 amide bonds. The zero-order valence-corrected chi connectivity index (χ0v) is 11.0. The number of rotatable bonds is 5. The zero-order valence-electron chi connectivity index (χ0n) is 11.0. The van der Waals surface area contributed by atoms with Crippen LogP contribution in [0.2, 0.25) is 0 Å². The van der Waals surface area contributed by atoms with Crippen molar-refractivity contribution in [2.75, 3.05) is 0 Å². The van der Waals surface area contributed by atoms with Crippen LogP contribution in [0.3, 0.4) is 0 Å². The monoisotopic (exact) mass is 249 g/mol. The highest BCUT2D eigenvalue weighted by Crippen LogP contribution is 2.23. The summed E-state index contributed by atoms with van der Waals surface area (Å²) in [5.74, 6) is 0.614. The normalized spacial score (nSPS) is 13.1. The van der Waals surface area contributed by atoms with Crippen molar-refractivity contribution >= 4 is 11.0 Å². The first-order valence-corrected chi connectivity index (χ1v) is 6.58. The van der Waals surface area contributed by atoms with E-state index in [4.69, 9.17) is 5.73 Å².